The zero-order valence-electron chi connectivity index (χ0n) is 16.8. The minimum atomic E-state index is -4.46. The van der Waals surface area contributed by atoms with E-state index in [1.54, 1.807) is 24.3 Å². The second-order valence-electron chi connectivity index (χ2n) is 4.57. The van der Waals surface area contributed by atoms with Crippen molar-refractivity contribution in [1.29, 1.82) is 0 Å². The van der Waals surface area contributed by atoms with Gasteiger partial charge in [0.15, 0.2) is 0 Å². The van der Waals surface area contributed by atoms with Gasteiger partial charge in [-0.25, -0.2) is 0 Å². The van der Waals surface area contributed by atoms with Gasteiger partial charge >= 0.3 is 69.2 Å². The molecule has 10 heteroatoms. The van der Waals surface area contributed by atoms with Crippen LogP contribution in [0, 0.1) is 0 Å². The second-order valence-corrected chi connectivity index (χ2v) is 8.29. The number of rotatable bonds is 10. The maximum absolute atomic E-state index is 12.0. The number of hydrogen-bond donors (Lipinski definition) is 0. The standard InChI is InChI=1S/C15H20O6S2.2Na.2H/c1-3-5-12-20-22(16,17)15(4-2)23(18,19)21-13-11-14-9-7-6-8-10-14;;;;/h4,6-11,13,15H,2-3,5,12H2,1H3;;;;/q;2*+1;2*-1. The Hall–Kier alpha value is 0.360. The average molecular weight is 408 g/mol. The third kappa shape index (κ3) is 9.74. The van der Waals surface area contributed by atoms with E-state index in [1.807, 2.05) is 13.0 Å². The predicted octanol–water partition coefficient (Wildman–Crippen LogP) is -3.10. The van der Waals surface area contributed by atoms with Crippen molar-refractivity contribution in [2.75, 3.05) is 6.61 Å². The Balaban J connectivity index is -0.000000661. The molecule has 0 aliphatic rings. The van der Waals surface area contributed by atoms with Gasteiger partial charge in [0.05, 0.1) is 6.61 Å². The van der Waals surface area contributed by atoms with Gasteiger partial charge < -0.3 is 7.04 Å². The molecule has 1 atom stereocenters. The van der Waals surface area contributed by atoms with Gasteiger partial charge in [0.1, 0.15) is 6.26 Å². The van der Waals surface area contributed by atoms with Crippen molar-refractivity contribution in [1.82, 2.24) is 0 Å². The summed E-state index contributed by atoms with van der Waals surface area (Å²) in [7, 11) is -8.82. The van der Waals surface area contributed by atoms with Crippen LogP contribution in [0.5, 0.6) is 0 Å². The van der Waals surface area contributed by atoms with Crippen molar-refractivity contribution in [2.45, 2.75) is 24.3 Å². The fourth-order valence-corrected chi connectivity index (χ4v) is 4.30. The third-order valence-corrected chi connectivity index (χ3v) is 6.57. The molecule has 1 rings (SSSR count). The van der Waals surface area contributed by atoms with Gasteiger partial charge in [0.25, 0.3) is 10.1 Å². The van der Waals surface area contributed by atoms with Crippen LogP contribution in [0.2, 0.25) is 0 Å². The molecule has 0 saturated heterocycles. The molecular weight excluding hydrogens is 386 g/mol. The first-order chi connectivity index (χ1) is 10.8. The summed E-state index contributed by atoms with van der Waals surface area (Å²) in [6, 6.07) is 8.83. The summed E-state index contributed by atoms with van der Waals surface area (Å²) in [6.45, 7) is 5.02. The van der Waals surface area contributed by atoms with E-state index in [2.05, 4.69) is 10.8 Å². The van der Waals surface area contributed by atoms with Crippen molar-refractivity contribution < 1.29 is 87.2 Å². The Labute approximate surface area is 197 Å². The van der Waals surface area contributed by atoms with Crippen molar-refractivity contribution in [3.05, 3.63) is 54.8 Å². The van der Waals surface area contributed by atoms with E-state index in [-0.39, 0.29) is 68.6 Å². The van der Waals surface area contributed by atoms with Crippen LogP contribution < -0.4 is 59.1 Å². The van der Waals surface area contributed by atoms with Gasteiger partial charge in [-0.05, 0) is 18.1 Å². The summed E-state index contributed by atoms with van der Waals surface area (Å²) in [6.07, 6.45) is 4.31. The SMILES string of the molecule is C=CC(S(=O)(=O)OC=Cc1ccccc1)S(=O)(=O)OCCCC.[H-].[H-].[Na+].[Na+]. The maximum Gasteiger partial charge on any atom is 1.00 e. The van der Waals surface area contributed by atoms with Gasteiger partial charge in [0.2, 0.25) is 4.58 Å². The first-order valence-electron chi connectivity index (χ1n) is 6.98. The maximum atomic E-state index is 12.0. The van der Waals surface area contributed by atoms with Gasteiger partial charge in [-0.3, -0.25) is 4.18 Å². The summed E-state index contributed by atoms with van der Waals surface area (Å²) in [5.41, 5.74) is 0.708. The molecule has 132 valence electrons. The summed E-state index contributed by atoms with van der Waals surface area (Å²) in [5, 5.41) is 0. The first-order valence-corrected chi connectivity index (χ1v) is 9.92. The van der Waals surface area contributed by atoms with E-state index in [0.29, 0.717) is 12.0 Å². The summed E-state index contributed by atoms with van der Waals surface area (Å²) < 4.78 is 55.3. The topological polar surface area (TPSA) is 86.7 Å². The quantitative estimate of drug-likeness (QED) is 0.134. The zero-order chi connectivity index (χ0) is 17.3. The smallest absolute Gasteiger partial charge is 1.00 e. The monoisotopic (exact) mass is 408 g/mol. The van der Waals surface area contributed by atoms with Crippen LogP contribution in [-0.4, -0.2) is 28.0 Å². The van der Waals surface area contributed by atoms with Gasteiger partial charge in [0, 0.05) is 0 Å². The Kier molecular flexibility index (Phi) is 14.9. The largest absolute Gasteiger partial charge is 1.00 e. The Morgan fingerprint density at radius 1 is 1.12 bits per heavy atom. The molecule has 1 aromatic carbocycles. The molecule has 0 aliphatic carbocycles. The third-order valence-electron chi connectivity index (χ3n) is 2.76. The van der Waals surface area contributed by atoms with Crippen LogP contribution in [0.4, 0.5) is 0 Å². The molecule has 0 N–H and O–H groups in total. The van der Waals surface area contributed by atoms with E-state index in [9.17, 15) is 16.8 Å². The van der Waals surface area contributed by atoms with Crippen LogP contribution in [0.3, 0.4) is 0 Å². The Bertz CT molecular complexity index is 741. The molecule has 0 heterocycles. The van der Waals surface area contributed by atoms with Gasteiger partial charge in [-0.1, -0.05) is 49.8 Å². The molecular formula is C15H22Na2O6S2. The molecule has 0 aromatic heterocycles. The van der Waals surface area contributed by atoms with Crippen molar-refractivity contribution in [2.24, 2.45) is 0 Å². The summed E-state index contributed by atoms with van der Waals surface area (Å²) in [4.78, 5) is 0. The van der Waals surface area contributed by atoms with E-state index in [4.69, 9.17) is 4.18 Å². The molecule has 0 bridgehead atoms. The van der Waals surface area contributed by atoms with Gasteiger partial charge in [-0.15, -0.1) is 6.58 Å². The van der Waals surface area contributed by atoms with Crippen molar-refractivity contribution in [3.8, 4) is 0 Å². The van der Waals surface area contributed by atoms with Crippen LogP contribution in [-0.2, 0) is 28.6 Å². The minimum Gasteiger partial charge on any atom is -1.00 e. The molecule has 0 saturated carbocycles. The second kappa shape index (κ2) is 13.5. The van der Waals surface area contributed by atoms with E-state index in [1.165, 1.54) is 6.08 Å². The molecule has 0 radical (unpaired) electrons. The zero-order valence-corrected chi connectivity index (χ0v) is 20.4. The molecule has 0 aliphatic heterocycles. The molecule has 0 spiro atoms. The van der Waals surface area contributed by atoms with E-state index in [0.717, 1.165) is 18.8 Å². The fourth-order valence-electron chi connectivity index (χ4n) is 1.57. The summed E-state index contributed by atoms with van der Waals surface area (Å²) >= 11 is 0. The van der Waals surface area contributed by atoms with Crippen molar-refractivity contribution >= 4 is 26.3 Å². The normalized spacial score (nSPS) is 12.7. The molecule has 0 amide bonds. The van der Waals surface area contributed by atoms with Crippen LogP contribution in [0.15, 0.2) is 49.2 Å². The average Bonchev–Trinajstić information content (AvgIpc) is 2.48. The van der Waals surface area contributed by atoms with Gasteiger partial charge in [-0.2, -0.15) is 16.8 Å². The minimum absolute atomic E-state index is 0. The van der Waals surface area contributed by atoms with Crippen molar-refractivity contribution in [3.63, 3.8) is 0 Å². The Morgan fingerprint density at radius 3 is 2.24 bits per heavy atom. The van der Waals surface area contributed by atoms with E-state index < -0.39 is 24.8 Å². The molecule has 1 unspecified atom stereocenters. The molecule has 6 nitrogen and oxygen atoms in total. The summed E-state index contributed by atoms with van der Waals surface area (Å²) in [5.74, 6) is 0. The predicted molar refractivity (Wildman–Crippen MR) is 91.5 cm³/mol. The number of hydrogen-bond acceptors (Lipinski definition) is 6. The fraction of sp³-hybridized carbons (Fsp3) is 0.333. The Morgan fingerprint density at radius 2 is 1.72 bits per heavy atom. The molecule has 25 heavy (non-hydrogen) atoms. The van der Waals surface area contributed by atoms with E-state index >= 15 is 0 Å². The molecule has 1 aromatic rings. The first kappa shape index (κ1) is 27.6. The van der Waals surface area contributed by atoms with Crippen LogP contribution in [0.1, 0.15) is 28.2 Å². The number of benzene rings is 1. The van der Waals surface area contributed by atoms with Crippen LogP contribution in [0.25, 0.3) is 6.08 Å². The van der Waals surface area contributed by atoms with Crippen LogP contribution >= 0.6 is 0 Å². The number of unbranched alkanes of at least 4 members (excludes halogenated alkanes) is 1. The molecule has 0 fully saturated rings.